The zero-order chi connectivity index (χ0) is 14.7. The molecule has 2 atom stereocenters. The Labute approximate surface area is 109 Å². The van der Waals surface area contributed by atoms with Crippen LogP contribution in [0.25, 0.3) is 0 Å². The molecular weight excluding hydrogens is 232 g/mol. The van der Waals surface area contributed by atoms with Crippen LogP contribution in [-0.4, -0.2) is 34.6 Å². The van der Waals surface area contributed by atoms with E-state index in [1.807, 2.05) is 20.8 Å². The van der Waals surface area contributed by atoms with E-state index in [1.165, 1.54) is 6.92 Å². The Bertz CT molecular complexity index is 311. The quantitative estimate of drug-likeness (QED) is 0.701. The van der Waals surface area contributed by atoms with E-state index in [2.05, 4.69) is 10.6 Å². The predicted octanol–water partition coefficient (Wildman–Crippen LogP) is 0.813. The van der Waals surface area contributed by atoms with Gasteiger partial charge in [0.05, 0.1) is 6.10 Å². The third kappa shape index (κ3) is 6.00. The highest BCUT2D eigenvalue weighted by atomic mass is 16.3. The van der Waals surface area contributed by atoms with Crippen LogP contribution in [0.15, 0.2) is 0 Å². The Morgan fingerprint density at radius 2 is 1.50 bits per heavy atom. The number of aliphatic hydroxyl groups excluding tert-OH is 1. The number of nitrogens with one attached hydrogen (secondary N) is 2. The third-order valence-corrected chi connectivity index (χ3v) is 2.23. The molecule has 0 aliphatic heterocycles. The van der Waals surface area contributed by atoms with E-state index in [9.17, 15) is 14.7 Å². The second-order valence-electron chi connectivity index (χ2n) is 6.68. The van der Waals surface area contributed by atoms with Gasteiger partial charge in [0.15, 0.2) is 0 Å². The summed E-state index contributed by atoms with van der Waals surface area (Å²) < 4.78 is 0. The van der Waals surface area contributed by atoms with Crippen molar-refractivity contribution in [3.63, 3.8) is 0 Å². The smallest absolute Gasteiger partial charge is 0.245 e. The maximum atomic E-state index is 12.0. The fourth-order valence-electron chi connectivity index (χ4n) is 1.21. The Morgan fingerprint density at radius 1 is 1.06 bits per heavy atom. The minimum Gasteiger partial charge on any atom is -0.391 e. The fraction of sp³-hybridized carbons (Fsp3) is 0.846. The van der Waals surface area contributed by atoms with Crippen LogP contribution in [0, 0.1) is 5.41 Å². The minimum atomic E-state index is -0.946. The number of rotatable bonds is 3. The Balaban J connectivity index is 4.79. The van der Waals surface area contributed by atoms with Crippen molar-refractivity contribution in [2.75, 3.05) is 0 Å². The molecule has 3 N–H and O–H groups in total. The first-order valence-corrected chi connectivity index (χ1v) is 6.15. The molecule has 0 unspecified atom stereocenters. The number of hydrogen-bond donors (Lipinski definition) is 3. The molecule has 0 aromatic carbocycles. The highest BCUT2D eigenvalue weighted by molar-refractivity contribution is 5.90. The molecule has 0 aliphatic rings. The topological polar surface area (TPSA) is 78.4 Å². The molecule has 2 amide bonds. The van der Waals surface area contributed by atoms with Gasteiger partial charge in [0, 0.05) is 11.0 Å². The largest absolute Gasteiger partial charge is 0.391 e. The maximum Gasteiger partial charge on any atom is 0.245 e. The molecule has 0 spiro atoms. The van der Waals surface area contributed by atoms with E-state index in [0.29, 0.717) is 0 Å². The first-order valence-electron chi connectivity index (χ1n) is 6.15. The highest BCUT2D eigenvalue weighted by Gasteiger charge is 2.31. The first kappa shape index (κ1) is 16.9. The van der Waals surface area contributed by atoms with Gasteiger partial charge in [-0.1, -0.05) is 20.8 Å². The number of carbonyl (C=O) groups excluding carboxylic acids is 2. The standard InChI is InChI=1S/C13H26N2O3/c1-8(16)9(10(17)15-13(5,6)7)14-11(18)12(2,3)4/h8-9,16H,1-7H3,(H,14,18)(H,15,17)/t8-,9-/m1/s1. The summed E-state index contributed by atoms with van der Waals surface area (Å²) in [6.45, 7) is 12.3. The van der Waals surface area contributed by atoms with Gasteiger partial charge >= 0.3 is 0 Å². The average Bonchev–Trinajstić information content (AvgIpc) is 2.07. The Hall–Kier alpha value is -1.10. The lowest BCUT2D eigenvalue weighted by atomic mass is 9.94. The molecule has 0 aromatic rings. The monoisotopic (exact) mass is 258 g/mol. The van der Waals surface area contributed by atoms with Crippen molar-refractivity contribution in [3.05, 3.63) is 0 Å². The molecule has 0 saturated carbocycles. The summed E-state index contributed by atoms with van der Waals surface area (Å²) in [6.07, 6.45) is -0.946. The van der Waals surface area contributed by atoms with Crippen LogP contribution >= 0.6 is 0 Å². The van der Waals surface area contributed by atoms with Gasteiger partial charge in [-0.05, 0) is 27.7 Å². The molecule has 0 aromatic heterocycles. The SMILES string of the molecule is C[C@@H](O)[C@@H](NC(=O)C(C)(C)C)C(=O)NC(C)(C)C. The highest BCUT2D eigenvalue weighted by Crippen LogP contribution is 2.13. The molecule has 0 radical (unpaired) electrons. The van der Waals surface area contributed by atoms with Gasteiger partial charge in [0.25, 0.3) is 0 Å². The summed E-state index contributed by atoms with van der Waals surface area (Å²) in [5, 5.41) is 14.9. The zero-order valence-corrected chi connectivity index (χ0v) is 12.4. The van der Waals surface area contributed by atoms with Crippen molar-refractivity contribution in [2.24, 2.45) is 5.41 Å². The minimum absolute atomic E-state index is 0.266. The molecular formula is C13H26N2O3. The molecule has 0 saturated heterocycles. The summed E-state index contributed by atoms with van der Waals surface area (Å²) in [7, 11) is 0. The van der Waals surface area contributed by atoms with Crippen LogP contribution in [0.4, 0.5) is 0 Å². The van der Waals surface area contributed by atoms with Crippen LogP contribution in [0.1, 0.15) is 48.5 Å². The summed E-state index contributed by atoms with van der Waals surface area (Å²) >= 11 is 0. The van der Waals surface area contributed by atoms with Crippen LogP contribution in [-0.2, 0) is 9.59 Å². The van der Waals surface area contributed by atoms with Crippen molar-refractivity contribution in [1.82, 2.24) is 10.6 Å². The average molecular weight is 258 g/mol. The molecule has 0 bridgehead atoms. The van der Waals surface area contributed by atoms with Gasteiger partial charge < -0.3 is 15.7 Å². The number of amides is 2. The number of carbonyl (C=O) groups is 2. The second-order valence-corrected chi connectivity index (χ2v) is 6.68. The van der Waals surface area contributed by atoms with E-state index in [1.54, 1.807) is 20.8 Å². The molecule has 106 valence electrons. The van der Waals surface area contributed by atoms with Crippen molar-refractivity contribution < 1.29 is 14.7 Å². The van der Waals surface area contributed by atoms with Crippen molar-refractivity contribution in [1.29, 1.82) is 0 Å². The van der Waals surface area contributed by atoms with E-state index >= 15 is 0 Å². The molecule has 0 aliphatic carbocycles. The van der Waals surface area contributed by atoms with Crippen molar-refractivity contribution in [2.45, 2.75) is 66.2 Å². The van der Waals surface area contributed by atoms with Gasteiger partial charge in [0.1, 0.15) is 6.04 Å². The lowest BCUT2D eigenvalue weighted by Gasteiger charge is -2.29. The summed E-state index contributed by atoms with van der Waals surface area (Å²) in [4.78, 5) is 23.8. The Morgan fingerprint density at radius 3 is 1.78 bits per heavy atom. The van der Waals surface area contributed by atoms with Crippen LogP contribution < -0.4 is 10.6 Å². The predicted molar refractivity (Wildman–Crippen MR) is 71.0 cm³/mol. The molecule has 18 heavy (non-hydrogen) atoms. The molecule has 0 fully saturated rings. The summed E-state index contributed by atoms with van der Waals surface area (Å²) in [5.41, 5.74) is -1.01. The lowest BCUT2D eigenvalue weighted by molar-refractivity contribution is -0.136. The van der Waals surface area contributed by atoms with E-state index < -0.39 is 23.1 Å². The van der Waals surface area contributed by atoms with Gasteiger partial charge in [-0.15, -0.1) is 0 Å². The molecule has 0 rings (SSSR count). The van der Waals surface area contributed by atoms with E-state index in [-0.39, 0.29) is 11.8 Å². The van der Waals surface area contributed by atoms with Crippen LogP contribution in [0.3, 0.4) is 0 Å². The van der Waals surface area contributed by atoms with Crippen LogP contribution in [0.5, 0.6) is 0 Å². The van der Waals surface area contributed by atoms with Gasteiger partial charge in [-0.3, -0.25) is 9.59 Å². The number of aliphatic hydroxyl groups is 1. The van der Waals surface area contributed by atoms with E-state index in [4.69, 9.17) is 0 Å². The van der Waals surface area contributed by atoms with Crippen LogP contribution in [0.2, 0.25) is 0 Å². The zero-order valence-electron chi connectivity index (χ0n) is 12.4. The lowest BCUT2D eigenvalue weighted by Crippen LogP contribution is -2.57. The van der Waals surface area contributed by atoms with Crippen molar-refractivity contribution >= 4 is 11.8 Å². The van der Waals surface area contributed by atoms with E-state index in [0.717, 1.165) is 0 Å². The third-order valence-electron chi connectivity index (χ3n) is 2.23. The normalized spacial score (nSPS) is 15.8. The van der Waals surface area contributed by atoms with Gasteiger partial charge in [0.2, 0.25) is 11.8 Å². The second kappa shape index (κ2) is 5.69. The molecule has 5 nitrogen and oxygen atoms in total. The maximum absolute atomic E-state index is 12.0. The molecule has 5 heteroatoms. The summed E-state index contributed by atoms with van der Waals surface area (Å²) in [6, 6.07) is -0.934. The summed E-state index contributed by atoms with van der Waals surface area (Å²) in [5.74, 6) is -0.646. The molecule has 0 heterocycles. The fourth-order valence-corrected chi connectivity index (χ4v) is 1.21. The number of hydrogen-bond acceptors (Lipinski definition) is 3. The van der Waals surface area contributed by atoms with Gasteiger partial charge in [-0.2, -0.15) is 0 Å². The van der Waals surface area contributed by atoms with Crippen molar-refractivity contribution in [3.8, 4) is 0 Å². The first-order chi connectivity index (χ1) is 7.84. The van der Waals surface area contributed by atoms with Gasteiger partial charge in [-0.25, -0.2) is 0 Å². The Kier molecular flexibility index (Phi) is 5.35.